The highest BCUT2D eigenvalue weighted by molar-refractivity contribution is 5.50. The van der Waals surface area contributed by atoms with Crippen molar-refractivity contribution < 1.29 is 99.2 Å². The van der Waals surface area contributed by atoms with E-state index in [1.807, 2.05) is 0 Å². The van der Waals surface area contributed by atoms with Crippen LogP contribution in [0, 0.1) is 36.0 Å². The van der Waals surface area contributed by atoms with Gasteiger partial charge in [0.25, 0.3) is 0 Å². The van der Waals surface area contributed by atoms with Crippen LogP contribution in [0.5, 0.6) is 0 Å². The largest absolute Gasteiger partial charge is 0.394 e. The van der Waals surface area contributed by atoms with Crippen LogP contribution in [0.3, 0.4) is 0 Å². The van der Waals surface area contributed by atoms with E-state index in [2.05, 4.69) is 45.9 Å². The summed E-state index contributed by atoms with van der Waals surface area (Å²) in [5, 5.41) is 127. The molecule has 8 aliphatic rings. The third kappa shape index (κ3) is 10.3. The molecule has 0 amide bonds. The fourth-order valence-electron chi connectivity index (χ4n) is 14.2. The topological polar surface area (TPSA) is 317 Å². The van der Waals surface area contributed by atoms with Crippen LogP contribution in [0.1, 0.15) is 102 Å². The predicted molar refractivity (Wildman–Crippen MR) is 255 cm³/mol. The van der Waals surface area contributed by atoms with Gasteiger partial charge in [-0.15, -0.1) is 0 Å². The molecule has 4 saturated heterocycles. The van der Waals surface area contributed by atoms with Crippen LogP contribution in [0.2, 0.25) is 0 Å². The van der Waals surface area contributed by atoms with Gasteiger partial charge in [-0.2, -0.15) is 0 Å². The Bertz CT molecular complexity index is 2080. The quantitative estimate of drug-likeness (QED) is 0.102. The molecule has 9 rings (SSSR count). The van der Waals surface area contributed by atoms with E-state index >= 15 is 0 Å². The van der Waals surface area contributed by atoms with Crippen molar-refractivity contribution in [3.05, 3.63) is 46.0 Å². The van der Waals surface area contributed by atoms with Crippen molar-refractivity contribution in [3.8, 4) is 0 Å². The predicted octanol–water partition coefficient (Wildman–Crippen LogP) is -0.755. The molecule has 12 N–H and O–H groups in total. The minimum Gasteiger partial charge on any atom is -0.394 e. The van der Waals surface area contributed by atoms with E-state index in [4.69, 9.17) is 37.9 Å². The third-order valence-electron chi connectivity index (χ3n) is 18.7. The van der Waals surface area contributed by atoms with Gasteiger partial charge in [0.15, 0.2) is 25.2 Å². The maximum Gasteiger partial charge on any atom is 0.187 e. The van der Waals surface area contributed by atoms with Gasteiger partial charge >= 0.3 is 0 Å². The average Bonchev–Trinajstić information content (AvgIpc) is 3.69. The van der Waals surface area contributed by atoms with E-state index in [-0.39, 0.29) is 23.4 Å². The molecule has 0 aromatic heterocycles. The minimum atomic E-state index is -1.74. The fraction of sp³-hybridized carbons (Fsp3) is 0.849. The zero-order valence-corrected chi connectivity index (χ0v) is 42.8. The normalized spacial score (nSPS) is 49.3. The summed E-state index contributed by atoms with van der Waals surface area (Å²) in [5.41, 5.74) is 6.77. The van der Waals surface area contributed by atoms with E-state index in [1.54, 1.807) is 0 Å². The number of aliphatic hydroxyl groups excluding tert-OH is 12. The van der Waals surface area contributed by atoms with Crippen LogP contribution in [0.4, 0.5) is 0 Å². The average molecular weight is 1040 g/mol. The monoisotopic (exact) mass is 1040 g/mol. The van der Waals surface area contributed by atoms with Gasteiger partial charge in [0.05, 0.1) is 38.1 Å². The summed E-state index contributed by atoms with van der Waals surface area (Å²) in [7, 11) is 0. The molecule has 4 aliphatic heterocycles. The molecule has 4 aliphatic carbocycles. The van der Waals surface area contributed by atoms with Crippen molar-refractivity contribution in [2.75, 3.05) is 19.8 Å². The number of hydrogen-bond acceptors (Lipinski definition) is 20. The van der Waals surface area contributed by atoms with Crippen LogP contribution >= 0.6 is 0 Å². The van der Waals surface area contributed by atoms with Crippen LogP contribution in [-0.4, -0.2) is 210 Å². The lowest BCUT2D eigenvalue weighted by atomic mass is 9.47. The Hall–Kier alpha value is -1.84. The first-order chi connectivity index (χ1) is 34.6. The Balaban J connectivity index is 0.867. The third-order valence-corrected chi connectivity index (χ3v) is 18.7. The molecule has 2 saturated carbocycles. The first-order valence-corrected chi connectivity index (χ1v) is 26.6. The molecule has 27 atom stereocenters. The second kappa shape index (κ2) is 22.1. The Kier molecular flexibility index (Phi) is 16.9. The van der Waals surface area contributed by atoms with Crippen LogP contribution in [-0.2, 0) is 56.2 Å². The van der Waals surface area contributed by atoms with E-state index in [0.717, 1.165) is 44.9 Å². The van der Waals surface area contributed by atoms with Crippen LogP contribution < -0.4 is 0 Å². The van der Waals surface area contributed by atoms with Crippen LogP contribution in [0.15, 0.2) is 23.8 Å². The molecule has 20 heteroatoms. The highest BCUT2D eigenvalue weighted by atomic mass is 16.8. The van der Waals surface area contributed by atoms with Gasteiger partial charge in [0.2, 0.25) is 0 Å². The molecule has 1 aromatic carbocycles. The molecular weight excluding hydrogens is 957 g/mol. The number of aryl methyl sites for hydroxylation is 1. The van der Waals surface area contributed by atoms with Crippen molar-refractivity contribution in [2.24, 2.45) is 29.1 Å². The molecule has 0 bridgehead atoms. The molecule has 73 heavy (non-hydrogen) atoms. The molecule has 0 spiro atoms. The van der Waals surface area contributed by atoms with Gasteiger partial charge < -0.3 is 99.2 Å². The Labute approximate surface area is 426 Å². The lowest BCUT2D eigenvalue weighted by Gasteiger charge is -2.58. The Morgan fingerprint density at radius 1 is 0.616 bits per heavy atom. The number of fused-ring (bicyclic) bond motifs is 7. The summed E-state index contributed by atoms with van der Waals surface area (Å²) in [4.78, 5) is 0. The van der Waals surface area contributed by atoms with Gasteiger partial charge in [-0.1, -0.05) is 44.6 Å². The molecular formula is C53H82O20. The van der Waals surface area contributed by atoms with E-state index in [1.165, 1.54) is 41.7 Å². The Morgan fingerprint density at radius 3 is 1.85 bits per heavy atom. The first-order valence-electron chi connectivity index (χ1n) is 26.6. The van der Waals surface area contributed by atoms with Crippen molar-refractivity contribution in [1.29, 1.82) is 0 Å². The number of benzene rings is 1. The molecule has 20 nitrogen and oxygen atoms in total. The SMILES string of the molecule is Cc1c(CC[C@@H](C)CO[C@@H]2O[C@H](CO)[C@@H](O)[C@H](O)[C@H]2O)ccc2c1[C@@]1(C)CC[C@H]3[C@@H](CC=C4C[C@@H](O[C@@H]5O[C@H](CO)[C@@H](O[C@@H]6O[C@@H](C)[C@H](O)[C@@H](O)[C@H]6O)[C@H](O)[C@H]5O[C@@H]5O[C@@H](C)[C@H](O)[C@@H](O)[C@H]5O)CC[C@@]43C)[C@@H]1C2. The summed E-state index contributed by atoms with van der Waals surface area (Å²) in [6.07, 6.45) is -18.6. The zero-order valence-electron chi connectivity index (χ0n) is 42.8. The highest BCUT2D eigenvalue weighted by Gasteiger charge is 2.59. The molecule has 6 fully saturated rings. The van der Waals surface area contributed by atoms with E-state index in [9.17, 15) is 61.3 Å². The number of allylic oxidation sites excluding steroid dienone is 1. The van der Waals surface area contributed by atoms with Gasteiger partial charge in [0.1, 0.15) is 85.5 Å². The summed E-state index contributed by atoms with van der Waals surface area (Å²) in [6, 6.07) is 4.60. The number of aliphatic hydroxyl groups is 12. The second-order valence-corrected chi connectivity index (χ2v) is 23.3. The smallest absolute Gasteiger partial charge is 0.187 e. The molecule has 4 heterocycles. The maximum absolute atomic E-state index is 12.1. The van der Waals surface area contributed by atoms with Crippen molar-refractivity contribution in [2.45, 2.75) is 234 Å². The zero-order chi connectivity index (χ0) is 52.6. The minimum absolute atomic E-state index is 0.0114. The van der Waals surface area contributed by atoms with Crippen molar-refractivity contribution in [1.82, 2.24) is 0 Å². The first kappa shape index (κ1) is 55.9. The highest BCUT2D eigenvalue weighted by Crippen LogP contribution is 2.65. The molecule has 1 aromatic rings. The Morgan fingerprint density at radius 2 is 1.21 bits per heavy atom. The lowest BCUT2D eigenvalue weighted by Crippen LogP contribution is -2.66. The van der Waals surface area contributed by atoms with Crippen molar-refractivity contribution >= 4 is 0 Å². The number of ether oxygens (including phenoxy) is 8. The molecule has 414 valence electrons. The standard InChI is InChI=1S/C53H82O20/c1-22(21-66-48-42(62)41(61)38(58)33(19-54)70-48)7-8-26-9-10-27-17-32-30-12-11-28-18-29(13-15-52(28,5)31(30)14-16-53(32,6)35(27)23(26)2)69-51-47(73-50-44(64)40(60)37(57)25(4)68-50)45(65)46(34(20-55)71-51)72-49-43(63)39(59)36(56)24(3)67-49/h9-11,22,24-25,29-34,36-51,54-65H,7-8,12-21H2,1-6H3/t22-,24+,25+,29+,30-,31+,32+,33-,34-,36+,37+,38-,39-,40-,41+,42-,43-,44-,45+,46-,47-,48-,49+,50+,51-,52+,53+/m1/s1. The van der Waals surface area contributed by atoms with Gasteiger partial charge in [0, 0.05) is 0 Å². The van der Waals surface area contributed by atoms with Crippen molar-refractivity contribution in [3.63, 3.8) is 0 Å². The summed E-state index contributed by atoms with van der Waals surface area (Å²) >= 11 is 0. The molecule has 0 radical (unpaired) electrons. The lowest BCUT2D eigenvalue weighted by molar-refractivity contribution is -0.388. The van der Waals surface area contributed by atoms with Gasteiger partial charge in [-0.05, 0) is 135 Å². The summed E-state index contributed by atoms with van der Waals surface area (Å²) in [5.74, 6) is 1.47. The van der Waals surface area contributed by atoms with E-state index in [0.29, 0.717) is 30.6 Å². The second-order valence-electron chi connectivity index (χ2n) is 23.3. The maximum atomic E-state index is 12.1. The fourth-order valence-corrected chi connectivity index (χ4v) is 14.2. The summed E-state index contributed by atoms with van der Waals surface area (Å²) < 4.78 is 48.1. The number of hydrogen-bond donors (Lipinski definition) is 12. The molecule has 0 unspecified atom stereocenters. The van der Waals surface area contributed by atoms with E-state index < -0.39 is 142 Å². The van der Waals surface area contributed by atoms with Gasteiger partial charge in [-0.3, -0.25) is 0 Å². The number of rotatable bonds is 14. The van der Waals surface area contributed by atoms with Gasteiger partial charge in [-0.25, -0.2) is 0 Å². The summed E-state index contributed by atoms with van der Waals surface area (Å²) in [6.45, 7) is 11.2. The van der Waals surface area contributed by atoms with Crippen LogP contribution in [0.25, 0.3) is 0 Å².